The lowest BCUT2D eigenvalue weighted by molar-refractivity contribution is 0.795. The van der Waals surface area contributed by atoms with Gasteiger partial charge in [0.1, 0.15) is 0 Å². The van der Waals surface area contributed by atoms with Gasteiger partial charge in [-0.1, -0.05) is 158 Å². The van der Waals surface area contributed by atoms with Gasteiger partial charge in [-0.25, -0.2) is 0 Å². The van der Waals surface area contributed by atoms with Crippen LogP contribution in [0.25, 0.3) is 98.4 Å². The molecule has 0 nitrogen and oxygen atoms in total. The largest absolute Gasteiger partial charge is 0.0725 e. The Morgan fingerprint density at radius 2 is 0.745 bits per heavy atom. The van der Waals surface area contributed by atoms with E-state index in [-0.39, 0.29) is 0 Å². The van der Waals surface area contributed by atoms with E-state index in [4.69, 9.17) is 0 Å². The van der Waals surface area contributed by atoms with Crippen LogP contribution >= 0.6 is 0 Å². The zero-order chi connectivity index (χ0) is 35.8. The molecule has 0 radical (unpaired) electrons. The Morgan fingerprint density at radius 1 is 0.236 bits per heavy atom. The fourth-order valence-corrected chi connectivity index (χ4v) is 10.6. The molecule has 0 saturated carbocycles. The van der Waals surface area contributed by atoms with Gasteiger partial charge in [-0.15, -0.1) is 0 Å². The summed E-state index contributed by atoms with van der Waals surface area (Å²) < 4.78 is 0. The fraction of sp³-hybridized carbons (Fsp3) is 0.0182. The minimum atomic E-state index is -0.433. The summed E-state index contributed by atoms with van der Waals surface area (Å²) in [6.45, 7) is 0. The zero-order valence-electron chi connectivity index (χ0n) is 30.0. The molecule has 0 amide bonds. The van der Waals surface area contributed by atoms with Crippen molar-refractivity contribution < 1.29 is 0 Å². The van der Waals surface area contributed by atoms with Gasteiger partial charge in [0.25, 0.3) is 0 Å². The molecule has 13 rings (SSSR count). The average molecular weight is 693 g/mol. The molecule has 0 unspecified atom stereocenters. The summed E-state index contributed by atoms with van der Waals surface area (Å²) in [7, 11) is 0. The van der Waals surface area contributed by atoms with Crippen molar-refractivity contribution in [2.45, 2.75) is 5.41 Å². The van der Waals surface area contributed by atoms with Crippen LogP contribution in [-0.2, 0) is 5.41 Å². The van der Waals surface area contributed by atoms with E-state index in [1.54, 1.807) is 0 Å². The molecule has 1 spiro atoms. The lowest BCUT2D eigenvalue weighted by Gasteiger charge is -2.31. The van der Waals surface area contributed by atoms with Crippen molar-refractivity contribution >= 4 is 53.9 Å². The Hall–Kier alpha value is -7.02. The normalized spacial score (nSPS) is 13.6. The molecule has 0 fully saturated rings. The Kier molecular flexibility index (Phi) is 5.65. The van der Waals surface area contributed by atoms with E-state index >= 15 is 0 Å². The Labute approximate surface area is 318 Å². The number of rotatable bonds is 2. The lowest BCUT2D eigenvalue weighted by Crippen LogP contribution is -2.25. The van der Waals surface area contributed by atoms with Crippen LogP contribution in [0.15, 0.2) is 194 Å². The second kappa shape index (κ2) is 10.6. The molecule has 11 aromatic carbocycles. The Bertz CT molecular complexity index is 3320. The fourth-order valence-electron chi connectivity index (χ4n) is 10.6. The maximum Gasteiger partial charge on any atom is 0.0725 e. The molecule has 0 heteroatoms. The van der Waals surface area contributed by atoms with E-state index in [1.807, 2.05) is 0 Å². The molecule has 0 aliphatic heterocycles. The van der Waals surface area contributed by atoms with Gasteiger partial charge in [0.2, 0.25) is 0 Å². The first-order chi connectivity index (χ1) is 27.2. The molecule has 55 heavy (non-hydrogen) atoms. The molecular formula is C55H32. The molecule has 2 aliphatic rings. The summed E-state index contributed by atoms with van der Waals surface area (Å²) in [5.74, 6) is 0. The van der Waals surface area contributed by atoms with Crippen LogP contribution in [0.5, 0.6) is 0 Å². The maximum absolute atomic E-state index is 2.52. The van der Waals surface area contributed by atoms with Crippen LogP contribution in [0.3, 0.4) is 0 Å². The second-order valence-corrected chi connectivity index (χ2v) is 15.6. The molecule has 2 aliphatic carbocycles. The van der Waals surface area contributed by atoms with Crippen molar-refractivity contribution in [3.8, 4) is 44.5 Å². The zero-order valence-corrected chi connectivity index (χ0v) is 30.0. The molecule has 11 aromatic rings. The lowest BCUT2D eigenvalue weighted by atomic mass is 9.70. The van der Waals surface area contributed by atoms with Gasteiger partial charge in [-0.2, -0.15) is 0 Å². The quantitative estimate of drug-likeness (QED) is 0.158. The highest BCUT2D eigenvalue weighted by Gasteiger charge is 2.51. The number of fused-ring (bicyclic) bond motifs is 12. The summed E-state index contributed by atoms with van der Waals surface area (Å²) in [5, 5.41) is 13.0. The van der Waals surface area contributed by atoms with E-state index in [2.05, 4.69) is 194 Å². The smallest absolute Gasteiger partial charge is 0.0619 e. The third kappa shape index (κ3) is 3.81. The first kappa shape index (κ1) is 29.4. The number of benzene rings is 11. The summed E-state index contributed by atoms with van der Waals surface area (Å²) in [5.41, 5.74) is 15.4. The van der Waals surface area contributed by atoms with E-state index in [0.29, 0.717) is 0 Å². The standard InChI is InChI=1S/C55H32/c1-2-10-36-27-39(22-19-33(36)9-1)43-16-8-13-38-31-52-48(32-47(38)43)46-26-25-37(30-51(46)55(52)49-17-5-3-14-44(49)45-15-4-6-18-50(45)55)42-28-40-23-20-34-11-7-12-35-21-24-41(29-42)54(40)53(34)35/h1-32H. The van der Waals surface area contributed by atoms with E-state index in [1.165, 1.54) is 121 Å². The molecule has 0 aromatic heterocycles. The molecule has 0 saturated heterocycles. The van der Waals surface area contributed by atoms with Crippen molar-refractivity contribution in [3.63, 3.8) is 0 Å². The highest BCUT2D eigenvalue weighted by Crippen LogP contribution is 2.63. The molecule has 252 valence electrons. The summed E-state index contributed by atoms with van der Waals surface area (Å²) in [4.78, 5) is 0. The minimum absolute atomic E-state index is 0.433. The van der Waals surface area contributed by atoms with Crippen LogP contribution in [-0.4, -0.2) is 0 Å². The van der Waals surface area contributed by atoms with Crippen LogP contribution in [0.2, 0.25) is 0 Å². The molecule has 0 bridgehead atoms. The van der Waals surface area contributed by atoms with Gasteiger partial charge in [-0.3, -0.25) is 0 Å². The third-order valence-corrected chi connectivity index (χ3v) is 12.9. The van der Waals surface area contributed by atoms with Crippen molar-refractivity contribution in [1.82, 2.24) is 0 Å². The van der Waals surface area contributed by atoms with Gasteiger partial charge < -0.3 is 0 Å². The topological polar surface area (TPSA) is 0 Å². The molecule has 0 N–H and O–H groups in total. The van der Waals surface area contributed by atoms with E-state index in [0.717, 1.165) is 0 Å². The molecular weight excluding hydrogens is 661 g/mol. The van der Waals surface area contributed by atoms with E-state index < -0.39 is 5.41 Å². The average Bonchev–Trinajstić information content (AvgIpc) is 3.70. The van der Waals surface area contributed by atoms with Gasteiger partial charge >= 0.3 is 0 Å². The van der Waals surface area contributed by atoms with Gasteiger partial charge in [0.05, 0.1) is 5.41 Å². The first-order valence-corrected chi connectivity index (χ1v) is 19.3. The third-order valence-electron chi connectivity index (χ3n) is 12.9. The maximum atomic E-state index is 2.52. The second-order valence-electron chi connectivity index (χ2n) is 15.6. The predicted molar refractivity (Wildman–Crippen MR) is 232 cm³/mol. The Balaban J connectivity index is 1.09. The van der Waals surface area contributed by atoms with Crippen LogP contribution in [0.1, 0.15) is 22.3 Å². The minimum Gasteiger partial charge on any atom is -0.0619 e. The highest BCUT2D eigenvalue weighted by molar-refractivity contribution is 6.23. The number of hydrogen-bond acceptors (Lipinski definition) is 0. The predicted octanol–water partition coefficient (Wildman–Crippen LogP) is 14.6. The SMILES string of the molecule is c1ccc2c(c1)-c1ccccc1C21c2cc(-c3cc4ccc5cccc6ccc(c3)c4c56)ccc2-c2cc3c(-c4ccc5ccccc5c4)cccc3cc21. The van der Waals surface area contributed by atoms with Gasteiger partial charge in [-0.05, 0) is 157 Å². The summed E-state index contributed by atoms with van der Waals surface area (Å²) in [6.07, 6.45) is 0. The Morgan fingerprint density at radius 3 is 1.51 bits per heavy atom. The van der Waals surface area contributed by atoms with Crippen LogP contribution < -0.4 is 0 Å². The van der Waals surface area contributed by atoms with Crippen molar-refractivity contribution in [2.24, 2.45) is 0 Å². The highest BCUT2D eigenvalue weighted by atomic mass is 14.5. The van der Waals surface area contributed by atoms with Crippen LogP contribution in [0, 0.1) is 0 Å². The van der Waals surface area contributed by atoms with Crippen molar-refractivity contribution in [1.29, 1.82) is 0 Å². The summed E-state index contributed by atoms with van der Waals surface area (Å²) in [6, 6.07) is 73.6. The van der Waals surface area contributed by atoms with Crippen LogP contribution in [0.4, 0.5) is 0 Å². The van der Waals surface area contributed by atoms with Gasteiger partial charge in [0.15, 0.2) is 0 Å². The van der Waals surface area contributed by atoms with Crippen molar-refractivity contribution in [2.75, 3.05) is 0 Å². The van der Waals surface area contributed by atoms with E-state index in [9.17, 15) is 0 Å². The molecule has 0 heterocycles. The number of hydrogen-bond donors (Lipinski definition) is 0. The summed E-state index contributed by atoms with van der Waals surface area (Å²) >= 11 is 0. The van der Waals surface area contributed by atoms with Gasteiger partial charge in [0, 0.05) is 0 Å². The first-order valence-electron chi connectivity index (χ1n) is 19.3. The van der Waals surface area contributed by atoms with Crippen molar-refractivity contribution in [3.05, 3.63) is 216 Å². The monoisotopic (exact) mass is 692 g/mol. The molecule has 0 atom stereocenters.